The second kappa shape index (κ2) is 8.62. The molecule has 0 spiro atoms. The van der Waals surface area contributed by atoms with E-state index in [9.17, 15) is 14.4 Å². The van der Waals surface area contributed by atoms with Gasteiger partial charge in [-0.3, -0.25) is 19.7 Å². The number of carbonyl (C=O) groups excluding carboxylic acids is 2. The number of nitrogens with zero attached hydrogens (tertiary/aromatic N) is 1. The minimum atomic E-state index is -0.357. The van der Waals surface area contributed by atoms with Crippen LogP contribution in [0, 0.1) is 13.8 Å². The van der Waals surface area contributed by atoms with Crippen LogP contribution < -0.4 is 16.2 Å². The molecule has 3 rings (SSSR count). The summed E-state index contributed by atoms with van der Waals surface area (Å²) in [6.07, 6.45) is 2.12. The van der Waals surface area contributed by atoms with Crippen LogP contribution in [0.1, 0.15) is 33.6 Å². The summed E-state index contributed by atoms with van der Waals surface area (Å²) in [5.74, 6) is -0.443. The summed E-state index contributed by atoms with van der Waals surface area (Å²) in [7, 11) is 0. The minimum absolute atomic E-state index is 0.0863. The lowest BCUT2D eigenvalue weighted by atomic mass is 10.1. The fourth-order valence-electron chi connectivity index (χ4n) is 2.71. The highest BCUT2D eigenvalue weighted by molar-refractivity contribution is 7.14. The molecule has 0 fully saturated rings. The summed E-state index contributed by atoms with van der Waals surface area (Å²) in [6, 6.07) is 8.64. The quantitative estimate of drug-likeness (QED) is 0.595. The Kier molecular flexibility index (Phi) is 6.00. The van der Waals surface area contributed by atoms with Gasteiger partial charge < -0.3 is 10.3 Å². The SMILES string of the molecule is Cc1cc(C)cc(NC(=O)CCc2csc(NC(=O)c3ccc(=O)[nH]c3)n2)c1. The molecule has 1 aromatic carbocycles. The maximum absolute atomic E-state index is 12.2. The maximum Gasteiger partial charge on any atom is 0.258 e. The molecule has 8 heteroatoms. The van der Waals surface area contributed by atoms with E-state index in [0.29, 0.717) is 23.5 Å². The summed E-state index contributed by atoms with van der Waals surface area (Å²) >= 11 is 1.29. The molecule has 0 aliphatic carbocycles. The number of rotatable bonds is 6. The molecule has 144 valence electrons. The summed E-state index contributed by atoms with van der Waals surface area (Å²) in [5, 5.41) is 7.84. The van der Waals surface area contributed by atoms with Gasteiger partial charge >= 0.3 is 0 Å². The molecule has 0 unspecified atom stereocenters. The Bertz CT molecular complexity index is 1030. The third-order valence-corrected chi connectivity index (χ3v) is 4.74. The van der Waals surface area contributed by atoms with Crippen molar-refractivity contribution in [2.75, 3.05) is 10.6 Å². The fraction of sp³-hybridized carbons (Fsp3) is 0.200. The fourth-order valence-corrected chi connectivity index (χ4v) is 3.45. The molecule has 2 amide bonds. The number of anilines is 2. The second-order valence-electron chi connectivity index (χ2n) is 6.46. The number of nitrogens with one attached hydrogen (secondary N) is 3. The Morgan fingerprint density at radius 1 is 1.11 bits per heavy atom. The van der Waals surface area contributed by atoms with E-state index in [0.717, 1.165) is 22.5 Å². The molecule has 2 aromatic heterocycles. The van der Waals surface area contributed by atoms with Gasteiger partial charge in [0.05, 0.1) is 11.3 Å². The summed E-state index contributed by atoms with van der Waals surface area (Å²) in [6.45, 7) is 3.97. The predicted octanol–water partition coefficient (Wildman–Crippen LogP) is 3.27. The van der Waals surface area contributed by atoms with E-state index in [2.05, 4.69) is 20.6 Å². The van der Waals surface area contributed by atoms with Crippen LogP contribution in [-0.2, 0) is 11.2 Å². The zero-order valence-corrected chi connectivity index (χ0v) is 16.4. The molecule has 0 aliphatic heterocycles. The highest BCUT2D eigenvalue weighted by atomic mass is 32.1. The Morgan fingerprint density at radius 2 is 1.86 bits per heavy atom. The van der Waals surface area contributed by atoms with Gasteiger partial charge in [-0.1, -0.05) is 6.07 Å². The van der Waals surface area contributed by atoms with Gasteiger partial charge in [0.15, 0.2) is 5.13 Å². The molecule has 0 saturated carbocycles. The van der Waals surface area contributed by atoms with E-state index in [1.807, 2.05) is 37.4 Å². The number of hydrogen-bond acceptors (Lipinski definition) is 5. The van der Waals surface area contributed by atoms with Crippen LogP contribution in [0.3, 0.4) is 0 Å². The van der Waals surface area contributed by atoms with Gasteiger partial charge in [0.25, 0.3) is 5.91 Å². The van der Waals surface area contributed by atoms with E-state index in [-0.39, 0.29) is 17.4 Å². The highest BCUT2D eigenvalue weighted by Gasteiger charge is 2.11. The molecule has 3 aromatic rings. The smallest absolute Gasteiger partial charge is 0.258 e. The van der Waals surface area contributed by atoms with E-state index in [1.54, 1.807) is 0 Å². The number of H-pyrrole nitrogens is 1. The largest absolute Gasteiger partial charge is 0.328 e. The Morgan fingerprint density at radius 3 is 2.54 bits per heavy atom. The van der Waals surface area contributed by atoms with Gasteiger partial charge in [0.1, 0.15) is 0 Å². The topological polar surface area (TPSA) is 104 Å². The standard InChI is InChI=1S/C20H20N4O3S/c1-12-7-13(2)9-16(8-12)22-18(26)6-4-15-11-28-20(23-15)24-19(27)14-3-5-17(25)21-10-14/h3,5,7-11H,4,6H2,1-2H3,(H,21,25)(H,22,26)(H,23,24,27). The summed E-state index contributed by atoms with van der Waals surface area (Å²) < 4.78 is 0. The van der Waals surface area contributed by atoms with Crippen molar-refractivity contribution >= 4 is 34.0 Å². The van der Waals surface area contributed by atoms with Crippen LogP contribution in [0.4, 0.5) is 10.8 Å². The maximum atomic E-state index is 12.2. The molecule has 3 N–H and O–H groups in total. The van der Waals surface area contributed by atoms with Crippen molar-refractivity contribution in [3.63, 3.8) is 0 Å². The van der Waals surface area contributed by atoms with Gasteiger partial charge in [0.2, 0.25) is 11.5 Å². The first-order valence-electron chi connectivity index (χ1n) is 8.72. The normalized spacial score (nSPS) is 10.5. The van der Waals surface area contributed by atoms with E-state index in [4.69, 9.17) is 0 Å². The predicted molar refractivity (Wildman–Crippen MR) is 110 cm³/mol. The summed E-state index contributed by atoms with van der Waals surface area (Å²) in [5.41, 5.74) is 3.78. The molecule has 28 heavy (non-hydrogen) atoms. The molecule has 0 bridgehead atoms. The van der Waals surface area contributed by atoms with Crippen molar-refractivity contribution < 1.29 is 9.59 Å². The van der Waals surface area contributed by atoms with Crippen molar-refractivity contribution in [3.05, 3.63) is 74.6 Å². The first kappa shape index (κ1) is 19.5. The summed E-state index contributed by atoms with van der Waals surface area (Å²) in [4.78, 5) is 42.1. The first-order chi connectivity index (χ1) is 13.4. The molecule has 2 heterocycles. The van der Waals surface area contributed by atoms with Crippen LogP contribution in [-0.4, -0.2) is 21.8 Å². The first-order valence-corrected chi connectivity index (χ1v) is 9.59. The Hall–Kier alpha value is -3.26. The number of aromatic nitrogens is 2. The number of benzene rings is 1. The lowest BCUT2D eigenvalue weighted by Gasteiger charge is -2.07. The van der Waals surface area contributed by atoms with Gasteiger partial charge in [-0.05, 0) is 49.6 Å². The van der Waals surface area contributed by atoms with Gasteiger partial charge in [0, 0.05) is 29.8 Å². The molecular weight excluding hydrogens is 376 g/mol. The highest BCUT2D eigenvalue weighted by Crippen LogP contribution is 2.18. The van der Waals surface area contributed by atoms with Gasteiger partial charge in [-0.15, -0.1) is 11.3 Å². The van der Waals surface area contributed by atoms with Crippen LogP contribution in [0.15, 0.2) is 46.7 Å². The lowest BCUT2D eigenvalue weighted by Crippen LogP contribution is -2.14. The molecule has 0 aliphatic rings. The number of pyridine rings is 1. The van der Waals surface area contributed by atoms with Gasteiger partial charge in [-0.2, -0.15) is 0 Å². The van der Waals surface area contributed by atoms with Crippen molar-refractivity contribution in [2.24, 2.45) is 0 Å². The Balaban J connectivity index is 1.52. The number of carbonyl (C=O) groups is 2. The molecule has 0 saturated heterocycles. The van der Waals surface area contributed by atoms with Crippen LogP contribution in [0.25, 0.3) is 0 Å². The van der Waals surface area contributed by atoms with E-state index >= 15 is 0 Å². The number of hydrogen-bond donors (Lipinski definition) is 3. The van der Waals surface area contributed by atoms with Crippen LogP contribution >= 0.6 is 11.3 Å². The second-order valence-corrected chi connectivity index (χ2v) is 7.32. The average molecular weight is 396 g/mol. The zero-order valence-electron chi connectivity index (χ0n) is 15.5. The van der Waals surface area contributed by atoms with E-state index in [1.165, 1.54) is 29.7 Å². The minimum Gasteiger partial charge on any atom is -0.328 e. The number of thiazole rings is 1. The zero-order chi connectivity index (χ0) is 20.1. The van der Waals surface area contributed by atoms with Crippen molar-refractivity contribution in [3.8, 4) is 0 Å². The number of aryl methyl sites for hydroxylation is 3. The number of aromatic amines is 1. The molecule has 0 atom stereocenters. The molecular formula is C20H20N4O3S. The monoisotopic (exact) mass is 396 g/mol. The van der Waals surface area contributed by atoms with Gasteiger partial charge in [-0.25, -0.2) is 4.98 Å². The average Bonchev–Trinajstić information content (AvgIpc) is 3.07. The van der Waals surface area contributed by atoms with Crippen molar-refractivity contribution in [1.82, 2.24) is 9.97 Å². The van der Waals surface area contributed by atoms with Crippen molar-refractivity contribution in [2.45, 2.75) is 26.7 Å². The van der Waals surface area contributed by atoms with Crippen molar-refractivity contribution in [1.29, 1.82) is 0 Å². The third kappa shape index (κ3) is 5.37. The molecule has 7 nitrogen and oxygen atoms in total. The molecule has 0 radical (unpaired) electrons. The van der Waals surface area contributed by atoms with Crippen LogP contribution in [0.2, 0.25) is 0 Å². The van der Waals surface area contributed by atoms with E-state index < -0.39 is 0 Å². The third-order valence-electron chi connectivity index (χ3n) is 3.93. The number of amides is 2. The Labute approximate surface area is 165 Å². The lowest BCUT2D eigenvalue weighted by molar-refractivity contribution is -0.116. The van der Waals surface area contributed by atoms with Crippen LogP contribution in [0.5, 0.6) is 0 Å².